The molecule has 1 aliphatic rings. The zero-order valence-corrected chi connectivity index (χ0v) is 11.1. The van der Waals surface area contributed by atoms with Crippen molar-refractivity contribution < 1.29 is 18.7 Å². The van der Waals surface area contributed by atoms with Gasteiger partial charge in [0.2, 0.25) is 5.95 Å². The molecule has 0 bridgehead atoms. The molecule has 1 aromatic heterocycles. The molecule has 0 aliphatic carbocycles. The van der Waals surface area contributed by atoms with Gasteiger partial charge in [0.25, 0.3) is 0 Å². The molecule has 0 spiro atoms. The second-order valence-electron chi connectivity index (χ2n) is 4.89. The molecule has 1 aromatic carbocycles. The number of aromatic nitrogens is 1. The maximum absolute atomic E-state index is 13.6. The number of rotatable bonds is 1. The number of carboxylic acid groups (broad SMARTS) is 1. The normalized spacial score (nSPS) is 15.5. The van der Waals surface area contributed by atoms with Crippen molar-refractivity contribution in [2.24, 2.45) is 0 Å². The van der Waals surface area contributed by atoms with E-state index in [0.29, 0.717) is 42.8 Å². The first-order valence-electron chi connectivity index (χ1n) is 6.53. The van der Waals surface area contributed by atoms with E-state index in [4.69, 9.17) is 5.11 Å². The second kappa shape index (κ2) is 5.16. The third-order valence-electron chi connectivity index (χ3n) is 3.59. The fraction of sp³-hybridized carbons (Fsp3) is 0.286. The highest BCUT2D eigenvalue weighted by molar-refractivity contribution is 5.92. The molecule has 2 heterocycles. The molecule has 0 radical (unpaired) electrons. The number of piperazine rings is 1. The zero-order valence-electron chi connectivity index (χ0n) is 11.1. The minimum Gasteiger partial charge on any atom is -0.465 e. The predicted octanol–water partition coefficient (Wildman–Crippen LogP) is 2.31. The minimum atomic E-state index is -0.974. The summed E-state index contributed by atoms with van der Waals surface area (Å²) < 4.78 is 27.0. The molecular weight excluding hydrogens is 280 g/mol. The van der Waals surface area contributed by atoms with Gasteiger partial charge in [-0.25, -0.2) is 14.2 Å². The first-order valence-corrected chi connectivity index (χ1v) is 6.53. The lowest BCUT2D eigenvalue weighted by Crippen LogP contribution is -2.48. The summed E-state index contributed by atoms with van der Waals surface area (Å²) in [6.45, 7) is 1.41. The molecule has 1 N–H and O–H groups in total. The first kappa shape index (κ1) is 13.5. The molecule has 0 saturated carbocycles. The van der Waals surface area contributed by atoms with Crippen LogP contribution in [0.2, 0.25) is 0 Å². The van der Waals surface area contributed by atoms with Crippen LogP contribution in [0.15, 0.2) is 24.3 Å². The standard InChI is InChI=1S/C14H13F2N3O2/c15-10-2-1-9-7-12(16)17-13(11(9)8-10)18-3-5-19(6-4-18)14(20)21/h1-2,7-8H,3-6H2,(H,20,21). The Bertz CT molecular complexity index is 700. The van der Waals surface area contributed by atoms with Crippen molar-refractivity contribution >= 4 is 22.7 Å². The molecule has 1 amide bonds. The number of nitrogens with zero attached hydrogens (tertiary/aromatic N) is 3. The fourth-order valence-corrected chi connectivity index (χ4v) is 2.52. The van der Waals surface area contributed by atoms with Crippen molar-refractivity contribution in [3.8, 4) is 0 Å². The zero-order chi connectivity index (χ0) is 15.0. The van der Waals surface area contributed by atoms with Gasteiger partial charge in [0.15, 0.2) is 0 Å². The van der Waals surface area contributed by atoms with Crippen LogP contribution >= 0.6 is 0 Å². The number of hydrogen-bond acceptors (Lipinski definition) is 3. The van der Waals surface area contributed by atoms with Gasteiger partial charge in [-0.15, -0.1) is 0 Å². The lowest BCUT2D eigenvalue weighted by molar-refractivity contribution is 0.142. The van der Waals surface area contributed by atoms with E-state index in [0.717, 1.165) is 0 Å². The van der Waals surface area contributed by atoms with Crippen molar-refractivity contribution in [3.05, 3.63) is 36.0 Å². The van der Waals surface area contributed by atoms with E-state index in [2.05, 4.69) is 4.98 Å². The number of amides is 1. The van der Waals surface area contributed by atoms with Crippen molar-refractivity contribution in [2.45, 2.75) is 0 Å². The Hall–Kier alpha value is -2.44. The van der Waals surface area contributed by atoms with Gasteiger partial charge < -0.3 is 14.9 Å². The largest absolute Gasteiger partial charge is 0.465 e. The van der Waals surface area contributed by atoms with Crippen LogP contribution in [0.1, 0.15) is 0 Å². The molecule has 0 atom stereocenters. The molecule has 1 aliphatic heterocycles. The van der Waals surface area contributed by atoms with Crippen LogP contribution < -0.4 is 4.90 Å². The molecule has 1 saturated heterocycles. The van der Waals surface area contributed by atoms with Crippen LogP contribution in [-0.2, 0) is 0 Å². The average molecular weight is 293 g/mol. The van der Waals surface area contributed by atoms with E-state index >= 15 is 0 Å². The predicted molar refractivity (Wildman–Crippen MR) is 73.5 cm³/mol. The van der Waals surface area contributed by atoms with Gasteiger partial charge in [0.1, 0.15) is 11.6 Å². The first-order chi connectivity index (χ1) is 10.0. The van der Waals surface area contributed by atoms with E-state index in [1.807, 2.05) is 0 Å². The van der Waals surface area contributed by atoms with Gasteiger partial charge in [-0.1, -0.05) is 6.07 Å². The molecule has 21 heavy (non-hydrogen) atoms. The molecule has 5 nitrogen and oxygen atoms in total. The van der Waals surface area contributed by atoms with E-state index in [1.54, 1.807) is 4.90 Å². The molecular formula is C14H13F2N3O2. The number of hydrogen-bond donors (Lipinski definition) is 1. The summed E-state index contributed by atoms with van der Waals surface area (Å²) in [5.41, 5.74) is 0. The van der Waals surface area contributed by atoms with Gasteiger partial charge in [0, 0.05) is 37.6 Å². The highest BCUT2D eigenvalue weighted by atomic mass is 19.1. The maximum Gasteiger partial charge on any atom is 0.407 e. The average Bonchev–Trinajstić information content (AvgIpc) is 2.47. The van der Waals surface area contributed by atoms with Crippen LogP contribution in [0.3, 0.4) is 0 Å². The molecule has 110 valence electrons. The Kier molecular flexibility index (Phi) is 3.32. The molecule has 3 rings (SSSR count). The summed E-state index contributed by atoms with van der Waals surface area (Å²) in [7, 11) is 0. The quantitative estimate of drug-likeness (QED) is 0.820. The summed E-state index contributed by atoms with van der Waals surface area (Å²) in [5.74, 6) is -0.694. The second-order valence-corrected chi connectivity index (χ2v) is 4.89. The van der Waals surface area contributed by atoms with Crippen LogP contribution in [0, 0.1) is 11.8 Å². The Morgan fingerprint density at radius 2 is 1.86 bits per heavy atom. The van der Waals surface area contributed by atoms with Crippen LogP contribution in [0.25, 0.3) is 10.8 Å². The summed E-state index contributed by atoms with van der Waals surface area (Å²) in [5, 5.41) is 10.0. The van der Waals surface area contributed by atoms with Crippen molar-refractivity contribution in [1.82, 2.24) is 9.88 Å². The number of pyridine rings is 1. The molecule has 0 unspecified atom stereocenters. The van der Waals surface area contributed by atoms with Gasteiger partial charge in [-0.3, -0.25) is 0 Å². The number of benzene rings is 1. The van der Waals surface area contributed by atoms with Crippen molar-refractivity contribution in [2.75, 3.05) is 31.1 Å². The molecule has 7 heteroatoms. The Morgan fingerprint density at radius 3 is 2.52 bits per heavy atom. The van der Waals surface area contributed by atoms with Crippen molar-refractivity contribution in [3.63, 3.8) is 0 Å². The lowest BCUT2D eigenvalue weighted by atomic mass is 10.1. The number of anilines is 1. The molecule has 1 fully saturated rings. The summed E-state index contributed by atoms with van der Waals surface area (Å²) >= 11 is 0. The summed E-state index contributed by atoms with van der Waals surface area (Å²) in [6, 6.07) is 5.35. The Balaban J connectivity index is 1.97. The third kappa shape index (κ3) is 2.58. The Labute approximate surface area is 119 Å². The van der Waals surface area contributed by atoms with E-state index < -0.39 is 17.9 Å². The van der Waals surface area contributed by atoms with Gasteiger partial charge in [0.05, 0.1) is 0 Å². The topological polar surface area (TPSA) is 56.7 Å². The molecule has 2 aromatic rings. The van der Waals surface area contributed by atoms with Crippen LogP contribution in [-0.4, -0.2) is 47.3 Å². The van der Waals surface area contributed by atoms with Crippen molar-refractivity contribution in [1.29, 1.82) is 0 Å². The monoisotopic (exact) mass is 293 g/mol. The smallest absolute Gasteiger partial charge is 0.407 e. The maximum atomic E-state index is 13.6. The SMILES string of the molecule is O=C(O)N1CCN(c2nc(F)cc3ccc(F)cc23)CC1. The fourth-order valence-electron chi connectivity index (χ4n) is 2.52. The lowest BCUT2D eigenvalue weighted by Gasteiger charge is -2.34. The Morgan fingerprint density at radius 1 is 1.14 bits per heavy atom. The van der Waals surface area contributed by atoms with Gasteiger partial charge >= 0.3 is 6.09 Å². The number of fused-ring (bicyclic) bond motifs is 1. The number of halogens is 2. The van der Waals surface area contributed by atoms with Gasteiger partial charge in [-0.05, 0) is 17.5 Å². The third-order valence-corrected chi connectivity index (χ3v) is 3.59. The van der Waals surface area contributed by atoms with Crippen LogP contribution in [0.5, 0.6) is 0 Å². The number of carbonyl (C=O) groups is 1. The summed E-state index contributed by atoms with van der Waals surface area (Å²) in [6.07, 6.45) is -0.974. The highest BCUT2D eigenvalue weighted by Gasteiger charge is 2.23. The van der Waals surface area contributed by atoms with E-state index in [-0.39, 0.29) is 0 Å². The van der Waals surface area contributed by atoms with Crippen LogP contribution in [0.4, 0.5) is 19.4 Å². The highest BCUT2D eigenvalue weighted by Crippen LogP contribution is 2.27. The van der Waals surface area contributed by atoms with E-state index in [1.165, 1.54) is 29.2 Å². The van der Waals surface area contributed by atoms with E-state index in [9.17, 15) is 13.6 Å². The van der Waals surface area contributed by atoms with Gasteiger partial charge in [-0.2, -0.15) is 4.39 Å². The summed E-state index contributed by atoms with van der Waals surface area (Å²) in [4.78, 5) is 17.8. The minimum absolute atomic E-state index is 0.310.